The number of amides is 1. The first-order valence-corrected chi connectivity index (χ1v) is 14.2. The van der Waals surface area contributed by atoms with Gasteiger partial charge in [0.15, 0.2) is 0 Å². The molecular weight excluding hydrogens is 512 g/mol. The number of hydrogen-bond donors (Lipinski definition) is 1. The summed E-state index contributed by atoms with van der Waals surface area (Å²) in [4.78, 5) is 15.7. The van der Waals surface area contributed by atoms with Crippen LogP contribution in [0.1, 0.15) is 36.0 Å². The van der Waals surface area contributed by atoms with Crippen LogP contribution in [0.5, 0.6) is 17.2 Å². The van der Waals surface area contributed by atoms with E-state index < -0.39 is 0 Å². The first-order chi connectivity index (χ1) is 20.0. The lowest BCUT2D eigenvalue weighted by Crippen LogP contribution is -2.43. The Bertz CT molecular complexity index is 1500. The first-order valence-electron chi connectivity index (χ1n) is 14.2. The zero-order valence-corrected chi connectivity index (χ0v) is 23.8. The molecule has 6 rings (SSSR count). The summed E-state index contributed by atoms with van der Waals surface area (Å²) in [6, 6.07) is 30.7. The van der Waals surface area contributed by atoms with E-state index in [1.165, 1.54) is 12.8 Å². The maximum atomic E-state index is 13.1. The number of methoxy groups -OCH3 is 2. The van der Waals surface area contributed by atoms with Crippen molar-refractivity contribution in [3.63, 3.8) is 0 Å². The van der Waals surface area contributed by atoms with Crippen LogP contribution in [-0.2, 0) is 0 Å². The van der Waals surface area contributed by atoms with E-state index >= 15 is 0 Å². The quantitative estimate of drug-likeness (QED) is 0.250. The van der Waals surface area contributed by atoms with E-state index in [1.807, 2.05) is 60.7 Å². The van der Waals surface area contributed by atoms with Crippen molar-refractivity contribution in [1.29, 1.82) is 0 Å². The Balaban J connectivity index is 1.11. The molecule has 2 fully saturated rings. The zero-order chi connectivity index (χ0) is 28.3. The largest absolute Gasteiger partial charge is 0.497 e. The van der Waals surface area contributed by atoms with Gasteiger partial charge < -0.3 is 24.4 Å². The van der Waals surface area contributed by atoms with Crippen LogP contribution in [0.3, 0.4) is 0 Å². The Morgan fingerprint density at radius 3 is 2.10 bits per heavy atom. The number of nitrogens with zero attached hydrogens (tertiary/aromatic N) is 1. The normalized spacial score (nSPS) is 19.9. The fourth-order valence-corrected chi connectivity index (χ4v) is 6.19. The van der Waals surface area contributed by atoms with Gasteiger partial charge in [0.2, 0.25) is 0 Å². The third-order valence-electron chi connectivity index (χ3n) is 8.53. The van der Waals surface area contributed by atoms with E-state index in [0.717, 1.165) is 52.3 Å². The number of fused-ring (bicyclic) bond motifs is 2. The molecule has 2 saturated heterocycles. The summed E-state index contributed by atoms with van der Waals surface area (Å²) in [5.41, 5.74) is 5.20. The molecule has 2 bridgehead atoms. The van der Waals surface area contributed by atoms with Crippen LogP contribution < -0.4 is 19.5 Å². The van der Waals surface area contributed by atoms with Gasteiger partial charge in [-0.25, -0.2) is 0 Å². The molecule has 1 N–H and O–H groups in total. The topological polar surface area (TPSA) is 60.0 Å². The lowest BCUT2D eigenvalue weighted by atomic mass is 10.0. The minimum Gasteiger partial charge on any atom is -0.497 e. The summed E-state index contributed by atoms with van der Waals surface area (Å²) in [5, 5.41) is 3.02. The second-order valence-corrected chi connectivity index (χ2v) is 11.0. The summed E-state index contributed by atoms with van der Waals surface area (Å²) in [5.74, 6) is 2.17. The zero-order valence-electron chi connectivity index (χ0n) is 23.8. The Morgan fingerprint density at radius 2 is 1.44 bits per heavy atom. The van der Waals surface area contributed by atoms with Crippen molar-refractivity contribution in [3.05, 3.63) is 96.6 Å². The van der Waals surface area contributed by atoms with Crippen molar-refractivity contribution >= 4 is 11.6 Å². The second-order valence-electron chi connectivity index (χ2n) is 11.0. The predicted molar refractivity (Wildman–Crippen MR) is 163 cm³/mol. The molecule has 0 saturated carbocycles. The summed E-state index contributed by atoms with van der Waals surface area (Å²) in [7, 11) is 5.51. The highest BCUT2D eigenvalue weighted by molar-refractivity contribution is 6.05. The second kappa shape index (κ2) is 11.7. The first kappa shape index (κ1) is 26.9. The van der Waals surface area contributed by atoms with Crippen molar-refractivity contribution in [2.75, 3.05) is 26.6 Å². The maximum absolute atomic E-state index is 13.1. The molecule has 6 heteroatoms. The number of benzene rings is 4. The van der Waals surface area contributed by atoms with Crippen LogP contribution in [-0.4, -0.2) is 50.3 Å². The summed E-state index contributed by atoms with van der Waals surface area (Å²) >= 11 is 0. The van der Waals surface area contributed by atoms with E-state index in [1.54, 1.807) is 20.3 Å². The molecule has 0 aliphatic carbocycles. The van der Waals surface area contributed by atoms with Crippen molar-refractivity contribution in [3.8, 4) is 39.5 Å². The van der Waals surface area contributed by atoms with Crippen LogP contribution in [0.15, 0.2) is 91.0 Å². The van der Waals surface area contributed by atoms with Crippen LogP contribution in [0.2, 0.25) is 0 Å². The monoisotopic (exact) mass is 548 g/mol. The Labute approximate surface area is 241 Å². The van der Waals surface area contributed by atoms with Crippen LogP contribution >= 0.6 is 0 Å². The highest BCUT2D eigenvalue weighted by Crippen LogP contribution is 2.36. The van der Waals surface area contributed by atoms with Gasteiger partial charge in [-0.05, 0) is 104 Å². The molecule has 0 aromatic heterocycles. The minimum atomic E-state index is -0.187. The lowest BCUT2D eigenvalue weighted by Gasteiger charge is -2.36. The number of carbonyl (C=O) groups excluding carboxylic acids is 1. The van der Waals surface area contributed by atoms with Crippen LogP contribution in [0.25, 0.3) is 22.3 Å². The Hall–Kier alpha value is -4.29. The van der Waals surface area contributed by atoms with Crippen molar-refractivity contribution in [2.24, 2.45) is 0 Å². The van der Waals surface area contributed by atoms with Crippen molar-refractivity contribution in [1.82, 2.24) is 4.90 Å². The molecule has 0 spiro atoms. The lowest BCUT2D eigenvalue weighted by molar-refractivity contribution is 0.0662. The molecule has 1 unspecified atom stereocenters. The van der Waals surface area contributed by atoms with Crippen LogP contribution in [0.4, 0.5) is 5.69 Å². The van der Waals surface area contributed by atoms with Gasteiger partial charge in [-0.15, -0.1) is 0 Å². The number of rotatable bonds is 8. The minimum absolute atomic E-state index is 0.187. The van der Waals surface area contributed by atoms with E-state index in [4.69, 9.17) is 14.2 Å². The van der Waals surface area contributed by atoms with E-state index in [0.29, 0.717) is 29.5 Å². The average Bonchev–Trinajstić information content (AvgIpc) is 3.21. The molecule has 210 valence electrons. The molecule has 2 aliphatic rings. The molecule has 4 aromatic rings. The highest BCUT2D eigenvalue weighted by atomic mass is 16.5. The van der Waals surface area contributed by atoms with E-state index in [2.05, 4.69) is 41.5 Å². The summed E-state index contributed by atoms with van der Waals surface area (Å²) in [6.45, 7) is 0. The van der Waals surface area contributed by atoms with Gasteiger partial charge in [0.05, 0.1) is 14.2 Å². The van der Waals surface area contributed by atoms with Gasteiger partial charge in [-0.2, -0.15) is 0 Å². The van der Waals surface area contributed by atoms with Gasteiger partial charge >= 0.3 is 0 Å². The Kier molecular flexibility index (Phi) is 7.66. The molecule has 6 nitrogen and oxygen atoms in total. The fraction of sp³-hybridized carbons (Fsp3) is 0.286. The molecule has 3 atom stereocenters. The predicted octanol–water partition coefficient (Wildman–Crippen LogP) is 7.29. The van der Waals surface area contributed by atoms with Gasteiger partial charge in [-0.3, -0.25) is 4.79 Å². The van der Waals surface area contributed by atoms with Crippen molar-refractivity contribution < 1.29 is 19.0 Å². The number of ether oxygens (including phenoxy) is 3. The molecule has 0 radical (unpaired) electrons. The van der Waals surface area contributed by atoms with E-state index in [9.17, 15) is 4.79 Å². The number of nitrogens with one attached hydrogen (secondary N) is 1. The Morgan fingerprint density at radius 1 is 0.756 bits per heavy atom. The van der Waals surface area contributed by atoms with Crippen LogP contribution in [0, 0.1) is 0 Å². The smallest absolute Gasteiger partial charge is 0.255 e. The third kappa shape index (κ3) is 5.79. The fourth-order valence-electron chi connectivity index (χ4n) is 6.19. The number of hydrogen-bond acceptors (Lipinski definition) is 5. The summed E-state index contributed by atoms with van der Waals surface area (Å²) < 4.78 is 17.3. The van der Waals surface area contributed by atoms with Gasteiger partial charge in [0, 0.05) is 28.9 Å². The average molecular weight is 549 g/mol. The molecular formula is C35H36N2O4. The third-order valence-corrected chi connectivity index (χ3v) is 8.53. The molecule has 41 heavy (non-hydrogen) atoms. The number of piperidine rings is 1. The number of carbonyl (C=O) groups is 1. The molecule has 2 heterocycles. The molecule has 2 aliphatic heterocycles. The van der Waals surface area contributed by atoms with Gasteiger partial charge in [0.25, 0.3) is 5.91 Å². The van der Waals surface area contributed by atoms with E-state index in [-0.39, 0.29) is 5.91 Å². The molecule has 1 amide bonds. The summed E-state index contributed by atoms with van der Waals surface area (Å²) in [6.07, 6.45) is 5.11. The maximum Gasteiger partial charge on any atom is 0.255 e. The van der Waals surface area contributed by atoms with Gasteiger partial charge in [-0.1, -0.05) is 36.4 Å². The number of anilines is 1. The highest BCUT2D eigenvalue weighted by Gasteiger charge is 2.39. The SMILES string of the molecule is COc1cccc(-c2cc(C(=O)Nc3ccc(-c4ccc(OC5C[C@H]6CC[C@@H](C5)N6C)cc4)cc3)ccc2OC)c1. The standard InChI is InChI=1S/C35H36N2O4/c1-37-28-14-15-29(37)22-32(21-28)41-30-16-9-24(10-17-30)23-7-12-27(13-8-23)36-35(38)26-11-18-34(40-3)33(20-26)25-5-4-6-31(19-25)39-2/h4-13,16-20,28-29,32H,14-15,21-22H2,1-3H3,(H,36,38)/t28-,29+,32?. The van der Waals surface area contributed by atoms with Crippen molar-refractivity contribution in [2.45, 2.75) is 43.9 Å². The van der Waals surface area contributed by atoms with Gasteiger partial charge in [0.1, 0.15) is 23.4 Å². The molecule has 4 aromatic carbocycles.